The number of halogens is 3. The maximum absolute atomic E-state index is 14.0. The van der Waals surface area contributed by atoms with Crippen molar-refractivity contribution in [1.82, 2.24) is 0 Å². The first kappa shape index (κ1) is 14.4. The van der Waals surface area contributed by atoms with Gasteiger partial charge in [0.05, 0.1) is 13.2 Å². The lowest BCUT2D eigenvalue weighted by molar-refractivity contribution is 0.169. The van der Waals surface area contributed by atoms with Gasteiger partial charge in [-0.25, -0.2) is 13.2 Å². The minimum Gasteiger partial charge on any atom is -0.494 e. The summed E-state index contributed by atoms with van der Waals surface area (Å²) in [7, 11) is 1.30. The third-order valence-electron chi connectivity index (χ3n) is 3.03. The quantitative estimate of drug-likeness (QED) is 0.931. The van der Waals surface area contributed by atoms with E-state index in [0.717, 1.165) is 12.1 Å². The van der Waals surface area contributed by atoms with Gasteiger partial charge in [0.2, 0.25) is 0 Å². The van der Waals surface area contributed by atoms with Gasteiger partial charge in [0.25, 0.3) is 0 Å². The predicted molar refractivity (Wildman–Crippen MR) is 68.0 cm³/mol. The molecule has 2 rings (SSSR count). The Morgan fingerprint density at radius 3 is 2.25 bits per heavy atom. The van der Waals surface area contributed by atoms with Crippen molar-refractivity contribution in [2.45, 2.75) is 12.5 Å². The average molecular weight is 282 g/mol. The van der Waals surface area contributed by atoms with Crippen molar-refractivity contribution in [2.24, 2.45) is 0 Å². The number of hydrogen-bond donors (Lipinski definition) is 1. The summed E-state index contributed by atoms with van der Waals surface area (Å²) in [4.78, 5) is 0. The number of benzene rings is 2. The van der Waals surface area contributed by atoms with Crippen molar-refractivity contribution in [3.05, 3.63) is 65.0 Å². The second-order valence-corrected chi connectivity index (χ2v) is 4.28. The van der Waals surface area contributed by atoms with Gasteiger partial charge in [-0.05, 0) is 18.2 Å². The average Bonchev–Trinajstić information content (AvgIpc) is 2.43. The molecule has 2 aromatic rings. The normalized spacial score (nSPS) is 12.2. The van der Waals surface area contributed by atoms with Crippen molar-refractivity contribution < 1.29 is 23.0 Å². The van der Waals surface area contributed by atoms with Crippen LogP contribution in [0.1, 0.15) is 17.2 Å². The first-order chi connectivity index (χ1) is 9.54. The summed E-state index contributed by atoms with van der Waals surface area (Å²) < 4.78 is 45.8. The molecule has 0 aliphatic rings. The fraction of sp³-hybridized carbons (Fsp3) is 0.200. The molecule has 0 aliphatic heterocycles. The molecule has 0 saturated heterocycles. The summed E-state index contributed by atoms with van der Waals surface area (Å²) in [5.41, 5.74) is -0.339. The zero-order chi connectivity index (χ0) is 14.7. The zero-order valence-corrected chi connectivity index (χ0v) is 10.7. The Kier molecular flexibility index (Phi) is 4.29. The molecular weight excluding hydrogens is 269 g/mol. The number of methoxy groups -OCH3 is 1. The van der Waals surface area contributed by atoms with E-state index in [0.29, 0.717) is 0 Å². The molecule has 2 nitrogen and oxygen atoms in total. The molecule has 20 heavy (non-hydrogen) atoms. The van der Waals surface area contributed by atoms with Crippen molar-refractivity contribution >= 4 is 0 Å². The van der Waals surface area contributed by atoms with Gasteiger partial charge in [0.15, 0.2) is 11.6 Å². The molecule has 0 aliphatic carbocycles. The van der Waals surface area contributed by atoms with Gasteiger partial charge in [-0.1, -0.05) is 18.2 Å². The molecule has 2 aromatic carbocycles. The second-order valence-electron chi connectivity index (χ2n) is 4.28. The SMILES string of the molecule is COc1cccc(C(O)Cc2c(F)cccc2F)c1F. The van der Waals surface area contributed by atoms with E-state index < -0.39 is 23.6 Å². The maximum Gasteiger partial charge on any atom is 0.170 e. The van der Waals surface area contributed by atoms with Crippen molar-refractivity contribution in [3.63, 3.8) is 0 Å². The molecule has 0 spiro atoms. The predicted octanol–water partition coefficient (Wildman–Crippen LogP) is 3.39. The van der Waals surface area contributed by atoms with Gasteiger partial charge in [0.1, 0.15) is 11.6 Å². The Morgan fingerprint density at radius 2 is 1.65 bits per heavy atom. The van der Waals surface area contributed by atoms with Crippen LogP contribution in [0.3, 0.4) is 0 Å². The number of ether oxygens (including phenoxy) is 1. The molecule has 5 heteroatoms. The van der Waals surface area contributed by atoms with Gasteiger partial charge < -0.3 is 9.84 Å². The summed E-state index contributed by atoms with van der Waals surface area (Å²) in [5.74, 6) is -2.31. The molecular formula is C15H13F3O2. The smallest absolute Gasteiger partial charge is 0.170 e. The number of rotatable bonds is 4. The fourth-order valence-electron chi connectivity index (χ4n) is 1.97. The summed E-state index contributed by atoms with van der Waals surface area (Å²) in [5, 5.41) is 9.99. The zero-order valence-electron chi connectivity index (χ0n) is 10.7. The topological polar surface area (TPSA) is 29.5 Å². The van der Waals surface area contributed by atoms with Gasteiger partial charge in [-0.2, -0.15) is 0 Å². The highest BCUT2D eigenvalue weighted by molar-refractivity contribution is 5.33. The van der Waals surface area contributed by atoms with E-state index in [1.54, 1.807) is 0 Å². The van der Waals surface area contributed by atoms with E-state index in [2.05, 4.69) is 0 Å². The van der Waals surface area contributed by atoms with Crippen LogP contribution in [0.5, 0.6) is 5.75 Å². The minimum absolute atomic E-state index is 0.0319. The van der Waals surface area contributed by atoms with E-state index in [1.165, 1.54) is 31.4 Å². The summed E-state index contributed by atoms with van der Waals surface area (Å²) in [6.07, 6.45) is -1.72. The molecule has 106 valence electrons. The van der Waals surface area contributed by atoms with Gasteiger partial charge in [-0.15, -0.1) is 0 Å². The van der Waals surface area contributed by atoms with Crippen LogP contribution < -0.4 is 4.74 Å². The highest BCUT2D eigenvalue weighted by atomic mass is 19.1. The number of hydrogen-bond acceptors (Lipinski definition) is 2. The number of aliphatic hydroxyl groups is 1. The van der Waals surface area contributed by atoms with Crippen LogP contribution in [0.2, 0.25) is 0 Å². The highest BCUT2D eigenvalue weighted by Crippen LogP contribution is 2.28. The Hall–Kier alpha value is -2.01. The molecule has 0 heterocycles. The van der Waals surface area contributed by atoms with Crippen molar-refractivity contribution in [3.8, 4) is 5.75 Å². The number of aliphatic hydroxyl groups excluding tert-OH is 1. The molecule has 0 bridgehead atoms. The minimum atomic E-state index is -1.36. The van der Waals surface area contributed by atoms with Crippen LogP contribution in [0.25, 0.3) is 0 Å². The van der Waals surface area contributed by atoms with E-state index in [9.17, 15) is 18.3 Å². The van der Waals surface area contributed by atoms with Crippen molar-refractivity contribution in [1.29, 1.82) is 0 Å². The largest absolute Gasteiger partial charge is 0.494 e. The molecule has 0 fully saturated rings. The van der Waals surface area contributed by atoms with E-state index in [-0.39, 0.29) is 23.3 Å². The molecule has 0 amide bonds. The first-order valence-electron chi connectivity index (χ1n) is 5.98. The van der Waals surface area contributed by atoms with Crippen LogP contribution >= 0.6 is 0 Å². The summed E-state index contributed by atoms with van der Waals surface area (Å²) in [6, 6.07) is 7.65. The standard InChI is InChI=1S/C15H13F3O2/c1-20-14-7-2-4-9(15(14)18)13(19)8-10-11(16)5-3-6-12(10)17/h2-7,13,19H,8H2,1H3. The lowest BCUT2D eigenvalue weighted by Crippen LogP contribution is -2.08. The molecule has 1 atom stereocenters. The highest BCUT2D eigenvalue weighted by Gasteiger charge is 2.20. The van der Waals surface area contributed by atoms with Gasteiger partial charge in [0, 0.05) is 17.5 Å². The molecule has 0 radical (unpaired) electrons. The third-order valence-corrected chi connectivity index (χ3v) is 3.03. The lowest BCUT2D eigenvalue weighted by atomic mass is 10.00. The van der Waals surface area contributed by atoms with E-state index >= 15 is 0 Å². The Morgan fingerprint density at radius 1 is 1.05 bits per heavy atom. The third kappa shape index (κ3) is 2.77. The van der Waals surface area contributed by atoms with Crippen LogP contribution in [-0.2, 0) is 6.42 Å². The molecule has 1 N–H and O–H groups in total. The Bertz CT molecular complexity index is 594. The summed E-state index contributed by atoms with van der Waals surface area (Å²) >= 11 is 0. The van der Waals surface area contributed by atoms with E-state index in [1.807, 2.05) is 0 Å². The Balaban J connectivity index is 2.31. The van der Waals surface area contributed by atoms with Gasteiger partial charge >= 0.3 is 0 Å². The van der Waals surface area contributed by atoms with Crippen molar-refractivity contribution in [2.75, 3.05) is 7.11 Å². The molecule has 0 aromatic heterocycles. The maximum atomic E-state index is 14.0. The summed E-state index contributed by atoms with van der Waals surface area (Å²) in [6.45, 7) is 0. The molecule has 1 unspecified atom stereocenters. The lowest BCUT2D eigenvalue weighted by Gasteiger charge is -2.14. The van der Waals surface area contributed by atoms with Gasteiger partial charge in [-0.3, -0.25) is 0 Å². The van der Waals surface area contributed by atoms with Crippen LogP contribution in [0, 0.1) is 17.5 Å². The molecule has 0 saturated carbocycles. The first-order valence-corrected chi connectivity index (χ1v) is 5.98. The second kappa shape index (κ2) is 5.96. The fourth-order valence-corrected chi connectivity index (χ4v) is 1.97. The van der Waals surface area contributed by atoms with Crippen LogP contribution in [-0.4, -0.2) is 12.2 Å². The monoisotopic (exact) mass is 282 g/mol. The Labute approximate surface area is 114 Å². The van der Waals surface area contributed by atoms with Crippen LogP contribution in [0.4, 0.5) is 13.2 Å². The van der Waals surface area contributed by atoms with E-state index in [4.69, 9.17) is 4.74 Å². The van der Waals surface area contributed by atoms with Crippen LogP contribution in [0.15, 0.2) is 36.4 Å².